The summed E-state index contributed by atoms with van der Waals surface area (Å²) in [4.78, 5) is 31.2. The maximum Gasteiger partial charge on any atom is 0.271 e. The molecule has 0 bridgehead atoms. The number of benzene rings is 1. The Morgan fingerprint density at radius 3 is 2.96 bits per heavy atom. The molecule has 2 aromatic heterocycles. The van der Waals surface area contributed by atoms with E-state index < -0.39 is 11.5 Å². The molecule has 0 aliphatic carbocycles. The summed E-state index contributed by atoms with van der Waals surface area (Å²) in [5.74, 6) is 0.339. The fourth-order valence-electron chi connectivity index (χ4n) is 3.32. The number of para-hydroxylation sites is 1. The Kier molecular flexibility index (Phi) is 3.84. The number of thiazole rings is 1. The Morgan fingerprint density at radius 2 is 2.15 bits per heavy atom. The van der Waals surface area contributed by atoms with Crippen LogP contribution >= 0.6 is 11.3 Å². The summed E-state index contributed by atoms with van der Waals surface area (Å²) >= 11 is 1.42. The first-order chi connectivity index (χ1) is 12.3. The molecule has 0 radical (unpaired) electrons. The molecule has 26 heavy (non-hydrogen) atoms. The van der Waals surface area contributed by atoms with Gasteiger partial charge in [-0.2, -0.15) is 0 Å². The smallest absolute Gasteiger partial charge is 0.271 e. The van der Waals surface area contributed by atoms with Gasteiger partial charge in [-0.25, -0.2) is 4.98 Å². The zero-order valence-corrected chi connectivity index (χ0v) is 15.6. The molecule has 1 N–H and O–H groups in total. The molecule has 1 aliphatic rings. The molecule has 1 atom stereocenters. The number of aryl methyl sites for hydroxylation is 1. The molecular weight excluding hydrogens is 350 g/mol. The number of hydrogen-bond donors (Lipinski definition) is 1. The molecule has 134 valence electrons. The summed E-state index contributed by atoms with van der Waals surface area (Å²) in [7, 11) is 0. The SMILES string of the molecule is Cc1cn2c(=O)c(C(=O)N[C@@H]3CC(C)(C)Oc4ccccc43)cnc2s1. The van der Waals surface area contributed by atoms with Gasteiger partial charge in [-0.05, 0) is 26.8 Å². The van der Waals surface area contributed by atoms with Gasteiger partial charge in [0.05, 0.1) is 6.04 Å². The quantitative estimate of drug-likeness (QED) is 0.753. The number of rotatable bonds is 2. The zero-order valence-electron chi connectivity index (χ0n) is 14.8. The Hall–Kier alpha value is -2.67. The summed E-state index contributed by atoms with van der Waals surface area (Å²) in [6, 6.07) is 7.42. The molecule has 0 unspecified atom stereocenters. The molecule has 1 amide bonds. The first kappa shape index (κ1) is 16.8. The zero-order chi connectivity index (χ0) is 18.5. The Labute approximate surface area is 154 Å². The monoisotopic (exact) mass is 369 g/mol. The minimum atomic E-state index is -0.418. The largest absolute Gasteiger partial charge is 0.487 e. The topological polar surface area (TPSA) is 72.7 Å². The molecule has 4 rings (SSSR count). The van der Waals surface area contributed by atoms with E-state index in [4.69, 9.17) is 4.74 Å². The van der Waals surface area contributed by atoms with Crippen LogP contribution in [0.2, 0.25) is 0 Å². The van der Waals surface area contributed by atoms with Gasteiger partial charge in [0.15, 0.2) is 4.96 Å². The molecule has 1 aliphatic heterocycles. The van der Waals surface area contributed by atoms with Crippen molar-refractivity contribution in [3.63, 3.8) is 0 Å². The third kappa shape index (κ3) is 2.88. The number of carbonyl (C=O) groups excluding carboxylic acids is 1. The first-order valence-electron chi connectivity index (χ1n) is 8.41. The lowest BCUT2D eigenvalue weighted by Gasteiger charge is -2.37. The van der Waals surface area contributed by atoms with Crippen LogP contribution in [0.4, 0.5) is 0 Å². The maximum atomic E-state index is 12.8. The van der Waals surface area contributed by atoms with Crippen molar-refractivity contribution in [2.75, 3.05) is 0 Å². The van der Waals surface area contributed by atoms with E-state index in [-0.39, 0.29) is 17.2 Å². The van der Waals surface area contributed by atoms with E-state index in [9.17, 15) is 9.59 Å². The van der Waals surface area contributed by atoms with Crippen molar-refractivity contribution >= 4 is 22.2 Å². The second kappa shape index (κ2) is 5.95. The third-order valence-electron chi connectivity index (χ3n) is 4.45. The molecular formula is C19H19N3O3S. The van der Waals surface area contributed by atoms with E-state index in [0.717, 1.165) is 16.2 Å². The highest BCUT2D eigenvalue weighted by molar-refractivity contribution is 7.16. The van der Waals surface area contributed by atoms with Crippen LogP contribution in [0.1, 0.15) is 47.1 Å². The van der Waals surface area contributed by atoms with Crippen LogP contribution in [0.3, 0.4) is 0 Å². The fourth-order valence-corrected chi connectivity index (χ4v) is 4.10. The number of amides is 1. The predicted molar refractivity (Wildman–Crippen MR) is 100 cm³/mol. The highest BCUT2D eigenvalue weighted by Gasteiger charge is 2.34. The number of fused-ring (bicyclic) bond motifs is 2. The van der Waals surface area contributed by atoms with E-state index in [1.807, 2.05) is 45.0 Å². The van der Waals surface area contributed by atoms with E-state index in [1.165, 1.54) is 21.9 Å². The summed E-state index contributed by atoms with van der Waals surface area (Å²) in [6.45, 7) is 5.87. The lowest BCUT2D eigenvalue weighted by atomic mass is 9.89. The van der Waals surface area contributed by atoms with Gasteiger partial charge < -0.3 is 10.1 Å². The predicted octanol–water partition coefficient (Wildman–Crippen LogP) is 3.10. The number of nitrogens with zero attached hydrogens (tertiary/aromatic N) is 2. The van der Waals surface area contributed by atoms with Crippen LogP contribution in [-0.2, 0) is 0 Å². The van der Waals surface area contributed by atoms with Gasteiger partial charge in [0.25, 0.3) is 11.5 Å². The first-order valence-corrected chi connectivity index (χ1v) is 9.22. The summed E-state index contributed by atoms with van der Waals surface area (Å²) in [6.07, 6.45) is 3.68. The van der Waals surface area contributed by atoms with Crippen LogP contribution in [0.5, 0.6) is 5.75 Å². The Morgan fingerprint density at radius 1 is 1.38 bits per heavy atom. The lowest BCUT2D eigenvalue weighted by molar-refractivity contribution is 0.0619. The van der Waals surface area contributed by atoms with Crippen molar-refractivity contribution in [1.82, 2.24) is 14.7 Å². The maximum absolute atomic E-state index is 12.8. The molecule has 0 saturated carbocycles. The van der Waals surface area contributed by atoms with Crippen molar-refractivity contribution in [1.29, 1.82) is 0 Å². The minimum absolute atomic E-state index is 0.0436. The summed E-state index contributed by atoms with van der Waals surface area (Å²) in [5.41, 5.74) is 0.202. The van der Waals surface area contributed by atoms with Gasteiger partial charge in [0, 0.05) is 29.3 Å². The van der Waals surface area contributed by atoms with E-state index >= 15 is 0 Å². The standard InChI is InChI=1S/C19H19N3O3S/c1-11-10-22-17(24)13(9-20-18(22)26-11)16(23)21-14-8-19(2,3)25-15-7-5-4-6-12(14)15/h4-7,9-10,14H,8H2,1-3H3,(H,21,23)/t14-/m1/s1. The highest BCUT2D eigenvalue weighted by Crippen LogP contribution is 2.39. The van der Waals surface area contributed by atoms with Crippen molar-refractivity contribution in [2.45, 2.75) is 38.8 Å². The van der Waals surface area contributed by atoms with Gasteiger partial charge >= 0.3 is 0 Å². The van der Waals surface area contributed by atoms with Crippen molar-refractivity contribution in [2.24, 2.45) is 0 Å². The van der Waals surface area contributed by atoms with Gasteiger partial charge in [0.2, 0.25) is 0 Å². The second-order valence-corrected chi connectivity index (χ2v) is 8.31. The van der Waals surface area contributed by atoms with Gasteiger partial charge in [-0.1, -0.05) is 18.2 Å². The van der Waals surface area contributed by atoms with E-state index in [1.54, 1.807) is 6.20 Å². The summed E-state index contributed by atoms with van der Waals surface area (Å²) in [5, 5.41) is 2.99. The highest BCUT2D eigenvalue weighted by atomic mass is 32.1. The molecule has 1 aromatic carbocycles. The van der Waals surface area contributed by atoms with E-state index in [2.05, 4.69) is 10.3 Å². The number of hydrogen-bond acceptors (Lipinski definition) is 5. The van der Waals surface area contributed by atoms with Crippen LogP contribution in [-0.4, -0.2) is 20.9 Å². The number of carbonyl (C=O) groups is 1. The third-order valence-corrected chi connectivity index (χ3v) is 5.36. The molecule has 3 aromatic rings. The second-order valence-electron chi connectivity index (χ2n) is 7.10. The van der Waals surface area contributed by atoms with E-state index in [0.29, 0.717) is 11.4 Å². The molecule has 7 heteroatoms. The van der Waals surface area contributed by atoms with Crippen LogP contribution < -0.4 is 15.6 Å². The van der Waals surface area contributed by atoms with Crippen molar-refractivity contribution < 1.29 is 9.53 Å². The lowest BCUT2D eigenvalue weighted by Crippen LogP contribution is -2.42. The Bertz CT molecular complexity index is 1070. The molecule has 6 nitrogen and oxygen atoms in total. The van der Waals surface area contributed by atoms with Crippen LogP contribution in [0.15, 0.2) is 41.5 Å². The minimum Gasteiger partial charge on any atom is -0.487 e. The Balaban J connectivity index is 1.68. The van der Waals surface area contributed by atoms with Gasteiger partial charge in [-0.3, -0.25) is 14.0 Å². The normalized spacial score (nSPS) is 18.2. The fraction of sp³-hybridized carbons (Fsp3) is 0.316. The van der Waals surface area contributed by atoms with Crippen molar-refractivity contribution in [3.8, 4) is 5.75 Å². The average molecular weight is 369 g/mol. The number of ether oxygens (including phenoxy) is 1. The van der Waals surface area contributed by atoms with Crippen LogP contribution in [0, 0.1) is 6.92 Å². The van der Waals surface area contributed by atoms with Gasteiger partial charge in [0.1, 0.15) is 16.9 Å². The van der Waals surface area contributed by atoms with Crippen LogP contribution in [0.25, 0.3) is 4.96 Å². The van der Waals surface area contributed by atoms with Crippen molar-refractivity contribution in [3.05, 3.63) is 63.0 Å². The number of nitrogens with one attached hydrogen (secondary N) is 1. The number of aromatic nitrogens is 2. The van der Waals surface area contributed by atoms with Gasteiger partial charge in [-0.15, -0.1) is 11.3 Å². The molecule has 3 heterocycles. The molecule has 0 spiro atoms. The molecule has 0 saturated heterocycles. The summed E-state index contributed by atoms with van der Waals surface area (Å²) < 4.78 is 7.42. The molecule has 0 fully saturated rings. The average Bonchev–Trinajstić information content (AvgIpc) is 2.95.